The lowest BCUT2D eigenvalue weighted by Gasteiger charge is -2.24. The summed E-state index contributed by atoms with van der Waals surface area (Å²) < 4.78 is 11.0. The zero-order valence-electron chi connectivity index (χ0n) is 9.25. The second-order valence-corrected chi connectivity index (χ2v) is 3.89. The molecule has 2 nitrogen and oxygen atoms in total. The van der Waals surface area contributed by atoms with Gasteiger partial charge in [0.05, 0.1) is 6.10 Å². The molecule has 0 aromatic carbocycles. The molecule has 0 aliphatic rings. The zero-order valence-corrected chi connectivity index (χ0v) is 11.2. The predicted octanol–water partition coefficient (Wildman–Crippen LogP) is 1.64. The molecular weight excluding hydrogens is 180 g/mol. The second-order valence-electron chi connectivity index (χ2n) is 3.42. The lowest BCUT2D eigenvalue weighted by molar-refractivity contribution is -0.126. The van der Waals surface area contributed by atoms with Gasteiger partial charge in [-0.2, -0.15) is 0 Å². The molecule has 13 heavy (non-hydrogen) atoms. The van der Waals surface area contributed by atoms with Crippen LogP contribution >= 0.6 is 0 Å². The average molecular weight is 202 g/mol. The smallest absolute Gasteiger partial charge is 0.149 e. The minimum absolute atomic E-state index is 0.00562. The first-order valence-corrected chi connectivity index (χ1v) is 5.76. The third-order valence-corrected chi connectivity index (χ3v) is 2.83. The molecule has 0 rings (SSSR count). The third-order valence-electron chi connectivity index (χ3n) is 2.30. The Labute approximate surface area is 84.9 Å². The monoisotopic (exact) mass is 202 g/mol. The number of hydrogen-bond donors (Lipinski definition) is 0. The van der Waals surface area contributed by atoms with Crippen molar-refractivity contribution in [3.8, 4) is 0 Å². The standard InChI is InChI=1S/C10H22O2Si/c1-5-7-8(3)9(4)11-10(6-2)12-13/h5,8-10H,1,6-7H2,2-4,13H3. The van der Waals surface area contributed by atoms with Gasteiger partial charge in [0.25, 0.3) is 0 Å². The van der Waals surface area contributed by atoms with Crippen molar-refractivity contribution in [2.75, 3.05) is 0 Å². The summed E-state index contributed by atoms with van der Waals surface area (Å²) in [5.41, 5.74) is 0. The van der Waals surface area contributed by atoms with Crippen LogP contribution in [0.1, 0.15) is 33.6 Å². The highest BCUT2D eigenvalue weighted by molar-refractivity contribution is 5.98. The van der Waals surface area contributed by atoms with Gasteiger partial charge in [-0.3, -0.25) is 0 Å². The van der Waals surface area contributed by atoms with Crippen molar-refractivity contribution in [3.63, 3.8) is 0 Å². The van der Waals surface area contributed by atoms with Crippen LogP contribution in [0, 0.1) is 5.92 Å². The Morgan fingerprint density at radius 3 is 2.46 bits per heavy atom. The molecule has 0 amide bonds. The molecule has 0 N–H and O–H groups in total. The van der Waals surface area contributed by atoms with E-state index < -0.39 is 0 Å². The molecule has 0 radical (unpaired) electrons. The molecule has 78 valence electrons. The second kappa shape index (κ2) is 7.30. The zero-order chi connectivity index (χ0) is 10.3. The van der Waals surface area contributed by atoms with Gasteiger partial charge < -0.3 is 9.16 Å². The van der Waals surface area contributed by atoms with Gasteiger partial charge in [-0.25, -0.2) is 0 Å². The highest BCUT2D eigenvalue weighted by Crippen LogP contribution is 2.14. The van der Waals surface area contributed by atoms with Crippen molar-refractivity contribution in [1.82, 2.24) is 0 Å². The largest absolute Gasteiger partial charge is 0.404 e. The minimum atomic E-state index is -0.00562. The highest BCUT2D eigenvalue weighted by atomic mass is 28.2. The first-order chi connectivity index (χ1) is 6.15. The summed E-state index contributed by atoms with van der Waals surface area (Å²) in [7, 11) is 0.740. The number of allylic oxidation sites excluding steroid dienone is 1. The molecular formula is C10H22O2Si. The molecule has 0 aromatic rings. The van der Waals surface area contributed by atoms with Gasteiger partial charge in [-0.15, -0.1) is 6.58 Å². The summed E-state index contributed by atoms with van der Waals surface area (Å²) in [5.74, 6) is 0.517. The topological polar surface area (TPSA) is 18.5 Å². The molecule has 0 bridgehead atoms. The van der Waals surface area contributed by atoms with E-state index in [4.69, 9.17) is 9.16 Å². The van der Waals surface area contributed by atoms with E-state index in [0.717, 1.165) is 23.3 Å². The summed E-state index contributed by atoms with van der Waals surface area (Å²) >= 11 is 0. The van der Waals surface area contributed by atoms with Crippen LogP contribution in [0.25, 0.3) is 0 Å². The molecule has 0 saturated carbocycles. The molecule has 3 unspecified atom stereocenters. The molecule has 3 heteroatoms. The molecule has 0 heterocycles. The number of hydrogen-bond acceptors (Lipinski definition) is 2. The quantitative estimate of drug-likeness (QED) is 0.355. The van der Waals surface area contributed by atoms with Crippen LogP contribution in [0.15, 0.2) is 12.7 Å². The van der Waals surface area contributed by atoms with Gasteiger partial charge in [0.1, 0.15) is 16.8 Å². The van der Waals surface area contributed by atoms with Crippen molar-refractivity contribution in [3.05, 3.63) is 12.7 Å². The van der Waals surface area contributed by atoms with E-state index in [2.05, 4.69) is 27.4 Å². The molecule has 0 aliphatic carbocycles. The van der Waals surface area contributed by atoms with E-state index in [-0.39, 0.29) is 12.4 Å². The molecule has 0 fully saturated rings. The third kappa shape index (κ3) is 5.24. The fourth-order valence-corrected chi connectivity index (χ4v) is 1.59. The van der Waals surface area contributed by atoms with E-state index in [1.807, 2.05) is 6.08 Å². The first-order valence-electron chi connectivity index (χ1n) is 4.94. The summed E-state index contributed by atoms with van der Waals surface area (Å²) in [5, 5.41) is 0. The molecule has 0 aromatic heterocycles. The van der Waals surface area contributed by atoms with Crippen LogP contribution < -0.4 is 0 Å². The van der Waals surface area contributed by atoms with Crippen LogP contribution in [0.2, 0.25) is 0 Å². The Hall–Kier alpha value is -0.123. The Balaban J connectivity index is 3.81. The number of rotatable bonds is 7. The van der Waals surface area contributed by atoms with Gasteiger partial charge in [-0.05, 0) is 25.7 Å². The van der Waals surface area contributed by atoms with Crippen molar-refractivity contribution in [2.45, 2.75) is 46.0 Å². The Kier molecular flexibility index (Phi) is 7.23. The van der Waals surface area contributed by atoms with Gasteiger partial charge in [0.2, 0.25) is 0 Å². The van der Waals surface area contributed by atoms with E-state index in [1.165, 1.54) is 0 Å². The average Bonchev–Trinajstić information content (AvgIpc) is 2.14. The maximum absolute atomic E-state index is 5.73. The van der Waals surface area contributed by atoms with Crippen molar-refractivity contribution < 1.29 is 9.16 Å². The maximum atomic E-state index is 5.73. The highest BCUT2D eigenvalue weighted by Gasteiger charge is 2.15. The summed E-state index contributed by atoms with van der Waals surface area (Å²) in [6.07, 6.45) is 4.10. The van der Waals surface area contributed by atoms with Crippen molar-refractivity contribution in [1.29, 1.82) is 0 Å². The normalized spacial score (nSPS) is 18.1. The summed E-state index contributed by atoms with van der Waals surface area (Å²) in [4.78, 5) is 0. The van der Waals surface area contributed by atoms with Gasteiger partial charge in [-0.1, -0.05) is 19.9 Å². The lowest BCUT2D eigenvalue weighted by Crippen LogP contribution is -2.26. The fraction of sp³-hybridized carbons (Fsp3) is 0.800. The fourth-order valence-electron chi connectivity index (χ4n) is 1.15. The van der Waals surface area contributed by atoms with Gasteiger partial charge in [0.15, 0.2) is 0 Å². The Morgan fingerprint density at radius 2 is 2.08 bits per heavy atom. The van der Waals surface area contributed by atoms with E-state index >= 15 is 0 Å². The SMILES string of the molecule is C=CCC(C)C(C)OC(CC)O[SiH3]. The van der Waals surface area contributed by atoms with Crippen LogP contribution in [-0.4, -0.2) is 22.9 Å². The van der Waals surface area contributed by atoms with E-state index in [0.29, 0.717) is 5.92 Å². The molecule has 0 aliphatic heterocycles. The van der Waals surface area contributed by atoms with Crippen molar-refractivity contribution in [2.24, 2.45) is 5.92 Å². The minimum Gasteiger partial charge on any atom is -0.404 e. The summed E-state index contributed by atoms with van der Waals surface area (Å²) in [6.45, 7) is 10.1. The predicted molar refractivity (Wildman–Crippen MR) is 59.6 cm³/mol. The van der Waals surface area contributed by atoms with Gasteiger partial charge >= 0.3 is 0 Å². The molecule has 3 atom stereocenters. The first kappa shape index (κ1) is 12.9. The van der Waals surface area contributed by atoms with E-state index in [9.17, 15) is 0 Å². The number of ether oxygens (including phenoxy) is 1. The van der Waals surface area contributed by atoms with Crippen LogP contribution in [0.4, 0.5) is 0 Å². The Bertz CT molecular complexity index is 135. The van der Waals surface area contributed by atoms with E-state index in [1.54, 1.807) is 0 Å². The van der Waals surface area contributed by atoms with Gasteiger partial charge in [0, 0.05) is 0 Å². The van der Waals surface area contributed by atoms with Crippen LogP contribution in [0.3, 0.4) is 0 Å². The van der Waals surface area contributed by atoms with Crippen LogP contribution in [-0.2, 0) is 9.16 Å². The Morgan fingerprint density at radius 1 is 1.46 bits per heavy atom. The summed E-state index contributed by atoms with van der Waals surface area (Å²) in [6, 6.07) is 0. The maximum Gasteiger partial charge on any atom is 0.149 e. The molecule has 0 spiro atoms. The van der Waals surface area contributed by atoms with Crippen molar-refractivity contribution >= 4 is 10.5 Å². The lowest BCUT2D eigenvalue weighted by atomic mass is 10.0. The van der Waals surface area contributed by atoms with Crippen LogP contribution in [0.5, 0.6) is 0 Å². The molecule has 0 saturated heterocycles.